The van der Waals surface area contributed by atoms with Gasteiger partial charge in [-0.2, -0.15) is 5.10 Å². The lowest BCUT2D eigenvalue weighted by Crippen LogP contribution is -2.01. The summed E-state index contributed by atoms with van der Waals surface area (Å²) in [4.78, 5) is 0. The van der Waals surface area contributed by atoms with Gasteiger partial charge in [-0.1, -0.05) is 13.8 Å². The quantitative estimate of drug-likeness (QED) is 0.811. The average Bonchev–Trinajstić information content (AvgIpc) is 2.62. The maximum Gasteiger partial charge on any atom is 0.127 e. The minimum Gasteiger partial charge on any atom is -0.508 e. The Kier molecular flexibility index (Phi) is 2.56. The van der Waals surface area contributed by atoms with Crippen molar-refractivity contribution in [2.45, 2.75) is 19.8 Å². The third-order valence-electron chi connectivity index (χ3n) is 2.44. The molecule has 0 aliphatic rings. The second kappa shape index (κ2) is 3.89. The van der Waals surface area contributed by atoms with E-state index >= 15 is 0 Å². The summed E-state index contributed by atoms with van der Waals surface area (Å²) >= 11 is 0. The third-order valence-corrected chi connectivity index (χ3v) is 2.44. The average molecular weight is 217 g/mol. The Balaban J connectivity index is 2.44. The lowest BCUT2D eigenvalue weighted by atomic mass is 10.1. The van der Waals surface area contributed by atoms with Gasteiger partial charge in [0.05, 0.1) is 11.4 Å². The maximum absolute atomic E-state index is 9.21. The highest BCUT2D eigenvalue weighted by molar-refractivity contribution is 5.44. The van der Waals surface area contributed by atoms with E-state index in [1.54, 1.807) is 28.9 Å². The molecule has 0 aliphatic heterocycles. The first-order chi connectivity index (χ1) is 7.58. The number of hydrogen-bond donors (Lipinski definition) is 2. The van der Waals surface area contributed by atoms with Crippen molar-refractivity contribution in [2.24, 2.45) is 0 Å². The van der Waals surface area contributed by atoms with Crippen molar-refractivity contribution in [3.8, 4) is 11.4 Å². The van der Waals surface area contributed by atoms with Crippen molar-refractivity contribution in [3.63, 3.8) is 0 Å². The molecule has 84 valence electrons. The summed E-state index contributed by atoms with van der Waals surface area (Å²) in [6, 6.07) is 8.67. The van der Waals surface area contributed by atoms with Gasteiger partial charge in [0, 0.05) is 6.07 Å². The molecule has 0 spiro atoms. The van der Waals surface area contributed by atoms with Crippen LogP contribution in [0.15, 0.2) is 30.3 Å². The van der Waals surface area contributed by atoms with Gasteiger partial charge in [0.2, 0.25) is 0 Å². The standard InChI is InChI=1S/C12H15N3O/c1-8(2)11-7-12(13)15(14-11)9-3-5-10(16)6-4-9/h3-8,16H,13H2,1-2H3. The van der Waals surface area contributed by atoms with E-state index in [4.69, 9.17) is 5.73 Å². The fourth-order valence-electron chi connectivity index (χ4n) is 1.50. The summed E-state index contributed by atoms with van der Waals surface area (Å²) in [6.07, 6.45) is 0. The number of anilines is 1. The number of aromatic hydroxyl groups is 1. The summed E-state index contributed by atoms with van der Waals surface area (Å²) in [5.41, 5.74) is 7.70. The first kappa shape index (κ1) is 10.5. The molecular formula is C12H15N3O. The Morgan fingerprint density at radius 3 is 2.38 bits per heavy atom. The summed E-state index contributed by atoms with van der Waals surface area (Å²) < 4.78 is 1.68. The van der Waals surface area contributed by atoms with Crippen LogP contribution in [0.5, 0.6) is 5.75 Å². The molecule has 2 rings (SSSR count). The van der Waals surface area contributed by atoms with E-state index in [2.05, 4.69) is 18.9 Å². The topological polar surface area (TPSA) is 64.1 Å². The molecule has 16 heavy (non-hydrogen) atoms. The van der Waals surface area contributed by atoms with Crippen LogP contribution in [0.4, 0.5) is 5.82 Å². The van der Waals surface area contributed by atoms with Gasteiger partial charge >= 0.3 is 0 Å². The maximum atomic E-state index is 9.21. The van der Waals surface area contributed by atoms with Crippen LogP contribution >= 0.6 is 0 Å². The normalized spacial score (nSPS) is 10.9. The Morgan fingerprint density at radius 2 is 1.88 bits per heavy atom. The van der Waals surface area contributed by atoms with Gasteiger partial charge in [0.25, 0.3) is 0 Å². The predicted octanol–water partition coefficient (Wildman–Crippen LogP) is 2.28. The Hall–Kier alpha value is -1.97. The van der Waals surface area contributed by atoms with E-state index < -0.39 is 0 Å². The number of hydrogen-bond acceptors (Lipinski definition) is 3. The monoisotopic (exact) mass is 217 g/mol. The number of phenolic OH excluding ortho intramolecular Hbond substituents is 1. The molecule has 0 atom stereocenters. The van der Waals surface area contributed by atoms with E-state index in [0.29, 0.717) is 11.7 Å². The molecule has 0 aliphatic carbocycles. The summed E-state index contributed by atoms with van der Waals surface area (Å²) in [6.45, 7) is 4.14. The molecule has 0 radical (unpaired) electrons. The lowest BCUT2D eigenvalue weighted by Gasteiger charge is -2.03. The Morgan fingerprint density at radius 1 is 1.25 bits per heavy atom. The number of rotatable bonds is 2. The number of phenols is 1. The van der Waals surface area contributed by atoms with Crippen molar-refractivity contribution < 1.29 is 5.11 Å². The molecule has 0 bridgehead atoms. The zero-order valence-electron chi connectivity index (χ0n) is 9.38. The van der Waals surface area contributed by atoms with Crippen LogP contribution in [0.1, 0.15) is 25.5 Å². The molecule has 1 aromatic heterocycles. The number of benzene rings is 1. The van der Waals surface area contributed by atoms with Crippen molar-refractivity contribution in [3.05, 3.63) is 36.0 Å². The minimum absolute atomic E-state index is 0.235. The van der Waals surface area contributed by atoms with E-state index in [0.717, 1.165) is 11.4 Å². The molecule has 0 fully saturated rings. The van der Waals surface area contributed by atoms with Crippen LogP contribution in [0.25, 0.3) is 5.69 Å². The van der Waals surface area contributed by atoms with Gasteiger partial charge in [0.1, 0.15) is 11.6 Å². The smallest absolute Gasteiger partial charge is 0.127 e. The van der Waals surface area contributed by atoms with Gasteiger partial charge in [-0.25, -0.2) is 4.68 Å². The molecule has 0 amide bonds. The van der Waals surface area contributed by atoms with Crippen LogP contribution in [0.2, 0.25) is 0 Å². The zero-order valence-corrected chi connectivity index (χ0v) is 9.38. The fourth-order valence-corrected chi connectivity index (χ4v) is 1.50. The molecule has 4 nitrogen and oxygen atoms in total. The minimum atomic E-state index is 0.235. The fraction of sp³-hybridized carbons (Fsp3) is 0.250. The predicted molar refractivity (Wildman–Crippen MR) is 63.7 cm³/mol. The van der Waals surface area contributed by atoms with Crippen LogP contribution in [0.3, 0.4) is 0 Å². The largest absolute Gasteiger partial charge is 0.508 e. The molecule has 1 heterocycles. The van der Waals surface area contributed by atoms with Crippen molar-refractivity contribution in [2.75, 3.05) is 5.73 Å². The summed E-state index contributed by atoms with van der Waals surface area (Å²) in [5.74, 6) is 1.19. The summed E-state index contributed by atoms with van der Waals surface area (Å²) in [7, 11) is 0. The van der Waals surface area contributed by atoms with Crippen molar-refractivity contribution in [1.82, 2.24) is 9.78 Å². The Bertz CT molecular complexity index is 485. The first-order valence-electron chi connectivity index (χ1n) is 5.23. The van der Waals surface area contributed by atoms with Crippen LogP contribution in [-0.2, 0) is 0 Å². The highest BCUT2D eigenvalue weighted by Crippen LogP contribution is 2.20. The molecule has 2 aromatic rings. The molecule has 4 heteroatoms. The highest BCUT2D eigenvalue weighted by Gasteiger charge is 2.09. The zero-order chi connectivity index (χ0) is 11.7. The van der Waals surface area contributed by atoms with Gasteiger partial charge in [-0.15, -0.1) is 0 Å². The van der Waals surface area contributed by atoms with Crippen molar-refractivity contribution >= 4 is 5.82 Å². The van der Waals surface area contributed by atoms with Gasteiger partial charge in [-0.05, 0) is 30.2 Å². The van der Waals surface area contributed by atoms with Gasteiger partial charge in [0.15, 0.2) is 0 Å². The first-order valence-corrected chi connectivity index (χ1v) is 5.23. The van der Waals surface area contributed by atoms with Crippen LogP contribution < -0.4 is 5.73 Å². The molecule has 0 unspecified atom stereocenters. The van der Waals surface area contributed by atoms with E-state index in [-0.39, 0.29) is 5.75 Å². The molecule has 3 N–H and O–H groups in total. The SMILES string of the molecule is CC(C)c1cc(N)n(-c2ccc(O)cc2)n1. The van der Waals surface area contributed by atoms with Crippen molar-refractivity contribution in [1.29, 1.82) is 0 Å². The van der Waals surface area contributed by atoms with Gasteiger partial charge < -0.3 is 10.8 Å². The van der Waals surface area contributed by atoms with Crippen LogP contribution in [-0.4, -0.2) is 14.9 Å². The molecule has 1 aromatic carbocycles. The lowest BCUT2D eigenvalue weighted by molar-refractivity contribution is 0.475. The van der Waals surface area contributed by atoms with E-state index in [1.807, 2.05) is 6.07 Å². The molecule has 0 saturated heterocycles. The number of nitrogens with zero attached hydrogens (tertiary/aromatic N) is 2. The number of nitrogen functional groups attached to an aromatic ring is 1. The number of nitrogens with two attached hydrogens (primary N) is 1. The van der Waals surface area contributed by atoms with E-state index in [9.17, 15) is 5.11 Å². The van der Waals surface area contributed by atoms with Gasteiger partial charge in [-0.3, -0.25) is 0 Å². The molecular weight excluding hydrogens is 202 g/mol. The highest BCUT2D eigenvalue weighted by atomic mass is 16.3. The second-order valence-electron chi connectivity index (χ2n) is 4.08. The summed E-state index contributed by atoms with van der Waals surface area (Å²) in [5, 5.41) is 13.6. The third kappa shape index (κ3) is 1.86. The molecule has 0 saturated carbocycles. The van der Waals surface area contributed by atoms with E-state index in [1.165, 1.54) is 0 Å². The van der Waals surface area contributed by atoms with Crippen LogP contribution in [0, 0.1) is 0 Å². The number of aromatic nitrogens is 2. The second-order valence-corrected chi connectivity index (χ2v) is 4.08. The Labute approximate surface area is 94.3 Å².